The second kappa shape index (κ2) is 5.19. The Labute approximate surface area is 116 Å². The third-order valence-electron chi connectivity index (χ3n) is 2.41. The van der Waals surface area contributed by atoms with E-state index in [1.54, 1.807) is 25.6 Å². The second-order valence-electron chi connectivity index (χ2n) is 4.38. The topological polar surface area (TPSA) is 31.2 Å². The average molecular weight is 299 g/mol. The molecule has 96 valence electrons. The van der Waals surface area contributed by atoms with Crippen LogP contribution < -0.4 is 0 Å². The van der Waals surface area contributed by atoms with E-state index in [9.17, 15) is 4.79 Å². The molecule has 1 rings (SSSR count). The third kappa shape index (κ3) is 3.62. The van der Waals surface area contributed by atoms with Crippen LogP contribution in [0, 0.1) is 0 Å². The number of hydrogen-bond acceptors (Lipinski definition) is 2. The van der Waals surface area contributed by atoms with Gasteiger partial charge in [0, 0.05) is 25.1 Å². The van der Waals surface area contributed by atoms with E-state index in [-0.39, 0.29) is 5.54 Å². The molecule has 0 spiro atoms. The van der Waals surface area contributed by atoms with Crippen LogP contribution in [0.4, 0.5) is 0 Å². The van der Waals surface area contributed by atoms with Crippen molar-refractivity contribution in [3.05, 3.63) is 24.0 Å². The molecule has 0 saturated carbocycles. The van der Waals surface area contributed by atoms with Gasteiger partial charge in [0.05, 0.1) is 12.1 Å². The molecule has 1 heterocycles. The normalized spacial score (nSPS) is 12.8. The summed E-state index contributed by atoms with van der Waals surface area (Å²) in [5.41, 5.74) is 0.107. The predicted molar refractivity (Wildman–Crippen MR) is 70.3 cm³/mol. The van der Waals surface area contributed by atoms with Crippen LogP contribution >= 0.6 is 34.8 Å². The molecule has 6 heteroatoms. The van der Waals surface area contributed by atoms with Crippen LogP contribution in [0.15, 0.2) is 18.5 Å². The molecule has 0 amide bonds. The highest BCUT2D eigenvalue weighted by Crippen LogP contribution is 2.31. The third-order valence-corrected chi connectivity index (χ3v) is 2.92. The number of aromatic nitrogens is 1. The summed E-state index contributed by atoms with van der Waals surface area (Å²) >= 11 is 16.7. The van der Waals surface area contributed by atoms with Crippen LogP contribution in [0.5, 0.6) is 0 Å². The molecular weight excluding hydrogens is 284 g/mol. The number of methoxy groups -OCH3 is 1. The zero-order valence-electron chi connectivity index (χ0n) is 9.84. The van der Waals surface area contributed by atoms with Gasteiger partial charge in [-0.25, -0.2) is 0 Å². The molecule has 3 nitrogen and oxygen atoms in total. The summed E-state index contributed by atoms with van der Waals surface area (Å²) in [5.74, 6) is -0.533. The summed E-state index contributed by atoms with van der Waals surface area (Å²) in [7, 11) is 1.62. The van der Waals surface area contributed by atoms with Gasteiger partial charge in [-0.15, -0.1) is 0 Å². The quantitative estimate of drug-likeness (QED) is 0.630. The summed E-state index contributed by atoms with van der Waals surface area (Å²) in [6.07, 6.45) is 3.42. The van der Waals surface area contributed by atoms with Crippen molar-refractivity contribution in [2.45, 2.75) is 23.2 Å². The zero-order valence-corrected chi connectivity index (χ0v) is 12.1. The molecule has 1 aromatic heterocycles. The molecule has 0 aliphatic rings. The first-order chi connectivity index (χ1) is 7.68. The number of alkyl halides is 3. The lowest BCUT2D eigenvalue weighted by atomic mass is 10.1. The maximum absolute atomic E-state index is 11.7. The van der Waals surface area contributed by atoms with Crippen LogP contribution in [-0.4, -0.2) is 27.9 Å². The number of hydrogen-bond donors (Lipinski definition) is 0. The number of carbonyl (C=O) groups is 1. The van der Waals surface area contributed by atoms with E-state index < -0.39 is 9.58 Å². The zero-order chi connectivity index (χ0) is 13.3. The van der Waals surface area contributed by atoms with Gasteiger partial charge in [-0.1, -0.05) is 34.8 Å². The van der Waals surface area contributed by atoms with E-state index in [0.29, 0.717) is 12.2 Å². The van der Waals surface area contributed by atoms with Crippen molar-refractivity contribution >= 4 is 40.6 Å². The number of ketones is 1. The monoisotopic (exact) mass is 297 g/mol. The fourth-order valence-corrected chi connectivity index (χ4v) is 1.83. The average Bonchev–Trinajstić information content (AvgIpc) is 2.64. The summed E-state index contributed by atoms with van der Waals surface area (Å²) in [5, 5.41) is 0. The summed E-state index contributed by atoms with van der Waals surface area (Å²) in [6, 6.07) is 1.63. The van der Waals surface area contributed by atoms with Crippen molar-refractivity contribution in [2.75, 3.05) is 13.7 Å². The molecule has 1 aromatic rings. The number of rotatable bonds is 4. The molecular formula is C11H14Cl3NO2. The Balaban J connectivity index is 2.97. The first-order valence-electron chi connectivity index (χ1n) is 4.97. The minimum atomic E-state index is -1.92. The Morgan fingerprint density at radius 2 is 2.00 bits per heavy atom. The molecule has 0 radical (unpaired) electrons. The van der Waals surface area contributed by atoms with Crippen molar-refractivity contribution in [1.29, 1.82) is 0 Å². The molecule has 0 bridgehead atoms. The summed E-state index contributed by atoms with van der Waals surface area (Å²) < 4.78 is 5.06. The van der Waals surface area contributed by atoms with Gasteiger partial charge in [-0.2, -0.15) is 0 Å². The van der Waals surface area contributed by atoms with Gasteiger partial charge in [-0.05, 0) is 19.9 Å². The maximum Gasteiger partial charge on any atom is 0.253 e. The first kappa shape index (κ1) is 14.8. The minimum Gasteiger partial charge on any atom is -0.382 e. The molecule has 0 fully saturated rings. The second-order valence-corrected chi connectivity index (χ2v) is 6.66. The molecule has 0 N–H and O–H groups in total. The Morgan fingerprint density at radius 3 is 2.47 bits per heavy atom. The van der Waals surface area contributed by atoms with Crippen LogP contribution in [0.25, 0.3) is 0 Å². The van der Waals surface area contributed by atoms with E-state index in [4.69, 9.17) is 39.5 Å². The number of Topliss-reactive ketones (excluding diaryl/α,β-unsaturated/α-hetero) is 1. The molecule has 0 aliphatic carbocycles. The Morgan fingerprint density at radius 1 is 1.41 bits per heavy atom. The van der Waals surface area contributed by atoms with E-state index in [1.807, 2.05) is 18.4 Å². The number of ether oxygens (including phenoxy) is 1. The number of nitrogens with zero attached hydrogens (tertiary/aromatic N) is 1. The molecule has 0 atom stereocenters. The van der Waals surface area contributed by atoms with Gasteiger partial charge in [-0.3, -0.25) is 4.79 Å². The Hall–Kier alpha value is -0.220. The van der Waals surface area contributed by atoms with Crippen molar-refractivity contribution in [3.63, 3.8) is 0 Å². The fourth-order valence-electron chi connectivity index (χ4n) is 1.50. The van der Waals surface area contributed by atoms with Crippen molar-refractivity contribution in [3.8, 4) is 0 Å². The van der Waals surface area contributed by atoms with Gasteiger partial charge < -0.3 is 9.30 Å². The number of halogens is 3. The van der Waals surface area contributed by atoms with Crippen molar-refractivity contribution in [2.24, 2.45) is 0 Å². The lowest BCUT2D eigenvalue weighted by Crippen LogP contribution is -2.30. The van der Waals surface area contributed by atoms with Crippen LogP contribution in [0.1, 0.15) is 24.2 Å². The molecule has 0 unspecified atom stereocenters. The van der Waals surface area contributed by atoms with E-state index >= 15 is 0 Å². The Bertz CT molecular complexity index is 407. The van der Waals surface area contributed by atoms with Crippen molar-refractivity contribution in [1.82, 2.24) is 4.57 Å². The molecule has 0 aromatic carbocycles. The molecule has 0 aliphatic heterocycles. The standard InChI is InChI=1S/C11H14Cl3NO2/c1-10(2,7-17-3)15-5-4-8(6-15)9(16)11(12,13)14/h4-6H,7H2,1-3H3. The highest BCUT2D eigenvalue weighted by molar-refractivity contribution is 6.77. The van der Waals surface area contributed by atoms with E-state index in [1.165, 1.54) is 0 Å². The van der Waals surface area contributed by atoms with E-state index in [0.717, 1.165) is 0 Å². The lowest BCUT2D eigenvalue weighted by molar-refractivity contribution is 0.0992. The van der Waals surface area contributed by atoms with Crippen LogP contribution in [0.2, 0.25) is 0 Å². The minimum absolute atomic E-state index is 0.263. The lowest BCUT2D eigenvalue weighted by Gasteiger charge is -2.26. The SMILES string of the molecule is COCC(C)(C)n1ccc(C(=O)C(Cl)(Cl)Cl)c1. The van der Waals surface area contributed by atoms with Crippen LogP contribution in [0.3, 0.4) is 0 Å². The van der Waals surface area contributed by atoms with Crippen LogP contribution in [-0.2, 0) is 10.3 Å². The van der Waals surface area contributed by atoms with Gasteiger partial charge in [0.25, 0.3) is 3.79 Å². The summed E-state index contributed by atoms with van der Waals surface area (Å²) in [6.45, 7) is 4.49. The molecule has 0 saturated heterocycles. The van der Waals surface area contributed by atoms with Gasteiger partial charge in [0.2, 0.25) is 5.78 Å². The van der Waals surface area contributed by atoms with Crippen molar-refractivity contribution < 1.29 is 9.53 Å². The highest BCUT2D eigenvalue weighted by Gasteiger charge is 2.33. The van der Waals surface area contributed by atoms with Gasteiger partial charge >= 0.3 is 0 Å². The summed E-state index contributed by atoms with van der Waals surface area (Å²) in [4.78, 5) is 11.7. The van der Waals surface area contributed by atoms with E-state index in [2.05, 4.69) is 0 Å². The fraction of sp³-hybridized carbons (Fsp3) is 0.545. The first-order valence-corrected chi connectivity index (χ1v) is 6.11. The smallest absolute Gasteiger partial charge is 0.253 e. The Kier molecular flexibility index (Phi) is 4.53. The largest absolute Gasteiger partial charge is 0.382 e. The maximum atomic E-state index is 11.7. The highest BCUT2D eigenvalue weighted by atomic mass is 35.6. The molecule has 17 heavy (non-hydrogen) atoms. The predicted octanol–water partition coefficient (Wildman–Crippen LogP) is 3.42. The number of carbonyl (C=O) groups excluding carboxylic acids is 1. The van der Waals surface area contributed by atoms with Gasteiger partial charge in [0.15, 0.2) is 0 Å². The van der Waals surface area contributed by atoms with Gasteiger partial charge in [0.1, 0.15) is 0 Å².